The summed E-state index contributed by atoms with van der Waals surface area (Å²) in [6.45, 7) is 3.99. The van der Waals surface area contributed by atoms with E-state index in [0.717, 1.165) is 5.56 Å². The van der Waals surface area contributed by atoms with E-state index in [-0.39, 0.29) is 44.4 Å². The van der Waals surface area contributed by atoms with Gasteiger partial charge in [0.2, 0.25) is 11.8 Å². The number of aldehydes is 1. The van der Waals surface area contributed by atoms with Crippen LogP contribution in [0.4, 0.5) is 0 Å². The summed E-state index contributed by atoms with van der Waals surface area (Å²) in [5.41, 5.74) is 1.62. The zero-order valence-electron chi connectivity index (χ0n) is 22.3. The minimum atomic E-state index is -1.18. The van der Waals surface area contributed by atoms with Gasteiger partial charge in [-0.05, 0) is 52.3 Å². The maximum Gasteiger partial charge on any atom is 0.247 e. The molecule has 0 radical (unpaired) electrons. The van der Waals surface area contributed by atoms with Crippen LogP contribution in [0.25, 0.3) is 0 Å². The van der Waals surface area contributed by atoms with E-state index in [0.29, 0.717) is 32.5 Å². The van der Waals surface area contributed by atoms with Gasteiger partial charge in [-0.3, -0.25) is 14.4 Å². The van der Waals surface area contributed by atoms with Crippen molar-refractivity contribution in [1.29, 1.82) is 0 Å². The molecule has 2 amide bonds. The van der Waals surface area contributed by atoms with Crippen molar-refractivity contribution in [3.63, 3.8) is 0 Å². The Balaban J connectivity index is 2.04. The summed E-state index contributed by atoms with van der Waals surface area (Å²) in [6, 6.07) is 11.9. The van der Waals surface area contributed by atoms with Crippen LogP contribution < -0.4 is 14.8 Å². The molecule has 39 heavy (non-hydrogen) atoms. The number of nitrogens with one attached hydrogen (secondary N) is 1. The van der Waals surface area contributed by atoms with Crippen LogP contribution in [-0.2, 0) is 16.1 Å². The number of rotatable bonds is 12. The molecule has 0 spiro atoms. The second kappa shape index (κ2) is 14.4. The van der Waals surface area contributed by atoms with E-state index in [1.165, 1.54) is 13.2 Å². The number of benzene rings is 2. The van der Waals surface area contributed by atoms with Crippen LogP contribution in [0.2, 0.25) is 0 Å². The highest BCUT2D eigenvalue weighted by molar-refractivity contribution is 14.1. The molecule has 0 aromatic heterocycles. The van der Waals surface area contributed by atoms with E-state index >= 15 is 0 Å². The number of carbonyl (C=O) groups is 3. The largest absolute Gasteiger partial charge is 0.493 e. The maximum atomic E-state index is 13.5. The van der Waals surface area contributed by atoms with E-state index in [1.807, 2.05) is 66.8 Å². The van der Waals surface area contributed by atoms with Gasteiger partial charge in [0.1, 0.15) is 18.5 Å². The van der Waals surface area contributed by atoms with E-state index in [2.05, 4.69) is 5.32 Å². The third kappa shape index (κ3) is 8.02. The van der Waals surface area contributed by atoms with Gasteiger partial charge < -0.3 is 29.9 Å². The number of aliphatic hydroxyl groups excluding tert-OH is 2. The average molecular weight is 651 g/mol. The highest BCUT2D eigenvalue weighted by Crippen LogP contribution is 2.37. The summed E-state index contributed by atoms with van der Waals surface area (Å²) in [5.74, 6) is 0.145. The molecular weight excluding hydrogens is 615 g/mol. The Hall–Kier alpha value is -2.96. The van der Waals surface area contributed by atoms with Gasteiger partial charge >= 0.3 is 0 Å². The van der Waals surface area contributed by atoms with Gasteiger partial charge in [0.05, 0.1) is 23.3 Å². The van der Waals surface area contributed by atoms with Crippen LogP contribution in [0.5, 0.6) is 11.5 Å². The van der Waals surface area contributed by atoms with E-state index in [9.17, 15) is 24.6 Å². The van der Waals surface area contributed by atoms with Gasteiger partial charge in [0.15, 0.2) is 11.5 Å². The third-order valence-corrected chi connectivity index (χ3v) is 7.16. The van der Waals surface area contributed by atoms with Crippen molar-refractivity contribution in [2.24, 2.45) is 5.92 Å². The van der Waals surface area contributed by atoms with Crippen molar-refractivity contribution in [2.75, 3.05) is 20.3 Å². The lowest BCUT2D eigenvalue weighted by Crippen LogP contribution is -2.55. The third-order valence-electron chi connectivity index (χ3n) is 6.36. The van der Waals surface area contributed by atoms with Crippen LogP contribution in [0, 0.1) is 9.49 Å². The molecule has 9 nitrogen and oxygen atoms in total. The molecule has 3 rings (SSSR count). The highest BCUT2D eigenvalue weighted by atomic mass is 127. The van der Waals surface area contributed by atoms with Crippen molar-refractivity contribution >= 4 is 40.7 Å². The van der Waals surface area contributed by atoms with Crippen molar-refractivity contribution in [2.45, 2.75) is 51.5 Å². The number of aliphatic hydroxyl groups is 2. The molecule has 3 unspecified atom stereocenters. The quantitative estimate of drug-likeness (QED) is 0.238. The molecule has 1 aliphatic rings. The van der Waals surface area contributed by atoms with Gasteiger partial charge in [-0.2, -0.15) is 0 Å². The number of ether oxygens (including phenoxy) is 2. The molecular formula is C29H35IN2O7. The van der Waals surface area contributed by atoms with Gasteiger partial charge in [0, 0.05) is 37.1 Å². The molecule has 2 aromatic carbocycles. The Kier molecular flexibility index (Phi) is 11.3. The molecule has 0 saturated carbocycles. The molecule has 3 atom stereocenters. The van der Waals surface area contributed by atoms with Gasteiger partial charge in [-0.25, -0.2) is 0 Å². The second-order valence-corrected chi connectivity index (χ2v) is 10.9. The summed E-state index contributed by atoms with van der Waals surface area (Å²) >= 11 is 2.02. The fourth-order valence-corrected chi connectivity index (χ4v) is 5.23. The minimum Gasteiger partial charge on any atom is -0.493 e. The molecule has 0 fully saturated rings. The lowest BCUT2D eigenvalue weighted by molar-refractivity contribution is -0.140. The normalized spacial score (nSPS) is 18.7. The van der Waals surface area contributed by atoms with Gasteiger partial charge in [-0.15, -0.1) is 0 Å². The number of halogens is 1. The molecule has 1 aliphatic carbocycles. The maximum absolute atomic E-state index is 13.5. The summed E-state index contributed by atoms with van der Waals surface area (Å²) < 4.78 is 12.3. The number of nitrogens with zero attached hydrogens (tertiary/aromatic N) is 1. The minimum absolute atomic E-state index is 0.0633. The zero-order valence-corrected chi connectivity index (χ0v) is 24.5. The lowest BCUT2D eigenvalue weighted by atomic mass is 9.87. The van der Waals surface area contributed by atoms with E-state index in [4.69, 9.17) is 9.47 Å². The Bertz CT molecular complexity index is 1190. The molecule has 210 valence electrons. The summed E-state index contributed by atoms with van der Waals surface area (Å²) in [6.07, 6.45) is 0.443. The Morgan fingerprint density at radius 2 is 1.95 bits per heavy atom. The van der Waals surface area contributed by atoms with Crippen molar-refractivity contribution in [3.8, 4) is 11.5 Å². The number of methoxy groups -OCH3 is 1. The SMILES string of the molecule is COc1cc(C=O)cc(I)c1OC1C=C(C(=O)NCCO)CC(N(Cc2ccccc2)C(=O)CC(C)C)C1O. The van der Waals surface area contributed by atoms with E-state index in [1.54, 1.807) is 17.0 Å². The first-order chi connectivity index (χ1) is 18.7. The predicted octanol–water partition coefficient (Wildman–Crippen LogP) is 3.10. The average Bonchev–Trinajstić information content (AvgIpc) is 2.92. The molecule has 0 heterocycles. The van der Waals surface area contributed by atoms with E-state index < -0.39 is 24.2 Å². The van der Waals surface area contributed by atoms with Gasteiger partial charge in [0.25, 0.3) is 0 Å². The molecule has 0 aliphatic heterocycles. The molecule has 0 bridgehead atoms. The Morgan fingerprint density at radius 3 is 2.56 bits per heavy atom. The van der Waals surface area contributed by atoms with Crippen LogP contribution in [-0.4, -0.2) is 71.7 Å². The standard InChI is InChI=1S/C29H35IN2O7/c1-18(2)11-26(35)32(16-19-7-5-4-6-8-19)23-14-21(29(37)31-9-10-33)15-24(27(23)36)39-28-22(30)12-20(17-34)13-25(28)38-3/h4-8,12-13,15,17-18,23-24,27,33,36H,9-11,14,16H2,1-3H3,(H,31,37). The highest BCUT2D eigenvalue weighted by Gasteiger charge is 2.41. The fourth-order valence-electron chi connectivity index (χ4n) is 4.47. The molecule has 0 saturated heterocycles. The predicted molar refractivity (Wildman–Crippen MR) is 155 cm³/mol. The van der Waals surface area contributed by atoms with Crippen molar-refractivity contribution in [1.82, 2.24) is 10.2 Å². The summed E-state index contributed by atoms with van der Waals surface area (Å²) in [7, 11) is 1.45. The van der Waals surface area contributed by atoms with Crippen LogP contribution >= 0.6 is 22.6 Å². The molecule has 2 aromatic rings. The first-order valence-electron chi connectivity index (χ1n) is 12.8. The Labute approximate surface area is 242 Å². The number of amides is 2. The topological polar surface area (TPSA) is 125 Å². The summed E-state index contributed by atoms with van der Waals surface area (Å²) in [4.78, 5) is 39.5. The molecule has 3 N–H and O–H groups in total. The number of hydrogen-bond acceptors (Lipinski definition) is 7. The second-order valence-electron chi connectivity index (χ2n) is 9.77. The number of carbonyl (C=O) groups excluding carboxylic acids is 3. The zero-order chi connectivity index (χ0) is 28.5. The fraction of sp³-hybridized carbons (Fsp3) is 0.414. The first-order valence-corrected chi connectivity index (χ1v) is 13.9. The Morgan fingerprint density at radius 1 is 1.23 bits per heavy atom. The summed E-state index contributed by atoms with van der Waals surface area (Å²) in [5, 5.41) is 23.5. The lowest BCUT2D eigenvalue weighted by Gasteiger charge is -2.41. The smallest absolute Gasteiger partial charge is 0.247 e. The van der Waals surface area contributed by atoms with Crippen LogP contribution in [0.3, 0.4) is 0 Å². The van der Waals surface area contributed by atoms with Crippen molar-refractivity contribution < 1.29 is 34.1 Å². The monoisotopic (exact) mass is 650 g/mol. The van der Waals surface area contributed by atoms with Crippen LogP contribution in [0.1, 0.15) is 42.6 Å². The number of hydrogen-bond donors (Lipinski definition) is 3. The van der Waals surface area contributed by atoms with Crippen LogP contribution in [0.15, 0.2) is 54.1 Å². The molecule has 10 heteroatoms. The van der Waals surface area contributed by atoms with Crippen molar-refractivity contribution in [3.05, 3.63) is 68.8 Å². The first kappa shape index (κ1) is 30.6. The van der Waals surface area contributed by atoms with Gasteiger partial charge in [-0.1, -0.05) is 44.2 Å².